The van der Waals surface area contributed by atoms with Crippen molar-refractivity contribution in [3.8, 4) is 0 Å². The van der Waals surface area contributed by atoms with Crippen molar-refractivity contribution in [2.45, 2.75) is 10.6 Å². The predicted molar refractivity (Wildman–Crippen MR) is 73.0 cm³/mol. The molecule has 0 aliphatic carbocycles. The van der Waals surface area contributed by atoms with E-state index in [4.69, 9.17) is 23.2 Å². The summed E-state index contributed by atoms with van der Waals surface area (Å²) in [6, 6.07) is 10.7. The summed E-state index contributed by atoms with van der Waals surface area (Å²) in [5.74, 6) is -0.143. The highest BCUT2D eigenvalue weighted by molar-refractivity contribution is 7.84. The second-order valence-corrected chi connectivity index (χ2v) is 5.91. The maximum atomic E-state index is 12.8. The van der Waals surface area contributed by atoms with Gasteiger partial charge in [0.2, 0.25) is 0 Å². The van der Waals surface area contributed by atoms with E-state index in [1.807, 2.05) is 0 Å². The fourth-order valence-corrected chi connectivity index (χ4v) is 3.34. The van der Waals surface area contributed by atoms with Gasteiger partial charge in [0.1, 0.15) is 5.82 Å². The Labute approximate surface area is 117 Å². The smallest absolute Gasteiger partial charge is 0.123 e. The van der Waals surface area contributed by atoms with Crippen LogP contribution in [0.25, 0.3) is 0 Å². The molecule has 2 rings (SSSR count). The summed E-state index contributed by atoms with van der Waals surface area (Å²) in [7, 11) is -1.30. The molecule has 0 N–H and O–H groups in total. The maximum absolute atomic E-state index is 12.8. The van der Waals surface area contributed by atoms with Crippen LogP contribution in [-0.4, -0.2) is 4.21 Å². The normalized spacial score (nSPS) is 12.4. The van der Waals surface area contributed by atoms with Gasteiger partial charge in [-0.25, -0.2) is 4.39 Å². The third-order valence-corrected chi connectivity index (χ3v) is 4.47. The lowest BCUT2D eigenvalue weighted by Crippen LogP contribution is -1.98. The first-order chi connectivity index (χ1) is 8.58. The molecule has 0 spiro atoms. The van der Waals surface area contributed by atoms with E-state index in [1.165, 1.54) is 24.3 Å². The Balaban J connectivity index is 2.24. The Kier molecular flexibility index (Phi) is 4.38. The Bertz CT molecular complexity index is 564. The summed E-state index contributed by atoms with van der Waals surface area (Å²) >= 11 is 12.0. The average molecular weight is 303 g/mol. The molecule has 2 aromatic rings. The molecular weight excluding hydrogens is 294 g/mol. The van der Waals surface area contributed by atoms with Gasteiger partial charge < -0.3 is 0 Å². The summed E-state index contributed by atoms with van der Waals surface area (Å²) in [6.45, 7) is 0. The van der Waals surface area contributed by atoms with E-state index in [-0.39, 0.29) is 11.6 Å². The third-order valence-electron chi connectivity index (χ3n) is 2.41. The lowest BCUT2D eigenvalue weighted by Gasteiger charge is -2.07. The molecule has 5 heteroatoms. The molecule has 0 bridgehead atoms. The van der Waals surface area contributed by atoms with Crippen molar-refractivity contribution >= 4 is 34.0 Å². The molecule has 0 fully saturated rings. The van der Waals surface area contributed by atoms with Crippen molar-refractivity contribution in [3.05, 3.63) is 63.9 Å². The minimum atomic E-state index is -1.30. The van der Waals surface area contributed by atoms with E-state index in [0.29, 0.717) is 20.5 Å². The number of hydrogen-bond donors (Lipinski definition) is 0. The van der Waals surface area contributed by atoms with Gasteiger partial charge >= 0.3 is 0 Å². The zero-order valence-corrected chi connectivity index (χ0v) is 11.5. The lowest BCUT2D eigenvalue weighted by atomic mass is 10.2. The highest BCUT2D eigenvalue weighted by atomic mass is 35.5. The molecule has 0 heterocycles. The third kappa shape index (κ3) is 3.10. The molecule has 0 saturated heterocycles. The van der Waals surface area contributed by atoms with E-state index in [0.717, 1.165) is 0 Å². The number of halogens is 3. The molecule has 0 saturated carbocycles. The first-order valence-corrected chi connectivity index (χ1v) is 7.22. The summed E-state index contributed by atoms with van der Waals surface area (Å²) in [6.07, 6.45) is 0. The molecule has 0 aliphatic rings. The van der Waals surface area contributed by atoms with Gasteiger partial charge in [0.25, 0.3) is 0 Å². The van der Waals surface area contributed by atoms with Crippen LogP contribution in [-0.2, 0) is 16.6 Å². The largest absolute Gasteiger partial charge is 0.254 e. The molecule has 1 atom stereocenters. The Morgan fingerprint density at radius 3 is 2.11 bits per heavy atom. The van der Waals surface area contributed by atoms with Crippen molar-refractivity contribution in [1.82, 2.24) is 0 Å². The minimum Gasteiger partial charge on any atom is -0.254 e. The van der Waals surface area contributed by atoms with Crippen molar-refractivity contribution < 1.29 is 8.60 Å². The maximum Gasteiger partial charge on any atom is 0.123 e. The molecule has 0 amide bonds. The van der Waals surface area contributed by atoms with Crippen molar-refractivity contribution in [1.29, 1.82) is 0 Å². The summed E-state index contributed by atoms with van der Waals surface area (Å²) in [5, 5.41) is 0.968. The SMILES string of the molecule is O=S(Cc1c(Cl)cccc1Cl)c1ccc(F)cc1. The highest BCUT2D eigenvalue weighted by Crippen LogP contribution is 2.27. The van der Waals surface area contributed by atoms with Gasteiger partial charge in [-0.2, -0.15) is 0 Å². The van der Waals surface area contributed by atoms with E-state index in [9.17, 15) is 8.60 Å². The van der Waals surface area contributed by atoms with E-state index in [1.54, 1.807) is 18.2 Å². The lowest BCUT2D eigenvalue weighted by molar-refractivity contribution is 0.626. The summed E-state index contributed by atoms with van der Waals surface area (Å²) in [5.41, 5.74) is 0.642. The Morgan fingerprint density at radius 1 is 1.00 bits per heavy atom. The standard InChI is InChI=1S/C13H9Cl2FOS/c14-12-2-1-3-13(15)11(12)8-18(17)10-6-4-9(16)5-7-10/h1-7H,8H2. The minimum absolute atomic E-state index is 0.212. The van der Waals surface area contributed by atoms with E-state index in [2.05, 4.69) is 0 Å². The van der Waals surface area contributed by atoms with Gasteiger partial charge in [-0.15, -0.1) is 0 Å². The van der Waals surface area contributed by atoms with Crippen LogP contribution in [0.1, 0.15) is 5.56 Å². The van der Waals surface area contributed by atoms with Gasteiger partial charge in [-0.3, -0.25) is 4.21 Å². The summed E-state index contributed by atoms with van der Waals surface area (Å²) in [4.78, 5) is 0.549. The van der Waals surface area contributed by atoms with Crippen molar-refractivity contribution in [3.63, 3.8) is 0 Å². The van der Waals surface area contributed by atoms with E-state index < -0.39 is 10.8 Å². The number of rotatable bonds is 3. The van der Waals surface area contributed by atoms with Crippen molar-refractivity contribution in [2.75, 3.05) is 0 Å². The molecule has 94 valence electrons. The molecule has 0 aliphatic heterocycles. The second-order valence-electron chi connectivity index (χ2n) is 3.64. The van der Waals surface area contributed by atoms with Gasteiger partial charge in [-0.05, 0) is 36.4 Å². The van der Waals surface area contributed by atoms with Crippen LogP contribution in [0.15, 0.2) is 47.4 Å². The Hall–Kier alpha value is -0.900. The monoisotopic (exact) mass is 302 g/mol. The number of hydrogen-bond acceptors (Lipinski definition) is 1. The zero-order chi connectivity index (χ0) is 13.1. The second kappa shape index (κ2) is 5.83. The van der Waals surface area contributed by atoms with Gasteiger partial charge in [0.05, 0.1) is 16.6 Å². The molecule has 0 radical (unpaired) electrons. The zero-order valence-electron chi connectivity index (χ0n) is 9.20. The summed E-state index contributed by atoms with van der Waals surface area (Å²) < 4.78 is 24.9. The fourth-order valence-electron chi connectivity index (χ4n) is 1.47. The van der Waals surface area contributed by atoms with Gasteiger partial charge in [-0.1, -0.05) is 29.3 Å². The predicted octanol–water partition coefficient (Wildman–Crippen LogP) is 4.44. The first kappa shape index (κ1) is 13.5. The van der Waals surface area contributed by atoms with Crippen LogP contribution < -0.4 is 0 Å². The van der Waals surface area contributed by atoms with Crippen LogP contribution in [0.2, 0.25) is 10.0 Å². The van der Waals surface area contributed by atoms with Gasteiger partial charge in [0, 0.05) is 20.5 Å². The first-order valence-electron chi connectivity index (χ1n) is 5.15. The van der Waals surface area contributed by atoms with Crippen LogP contribution in [0.4, 0.5) is 4.39 Å². The molecular formula is C13H9Cl2FOS. The fraction of sp³-hybridized carbons (Fsp3) is 0.0769. The number of benzene rings is 2. The quantitative estimate of drug-likeness (QED) is 0.819. The average Bonchev–Trinajstić information content (AvgIpc) is 2.34. The molecule has 2 aromatic carbocycles. The molecule has 1 unspecified atom stereocenters. The highest BCUT2D eigenvalue weighted by Gasteiger charge is 2.11. The van der Waals surface area contributed by atoms with Gasteiger partial charge in [0.15, 0.2) is 0 Å². The topological polar surface area (TPSA) is 17.1 Å². The molecule has 1 nitrogen and oxygen atoms in total. The van der Waals surface area contributed by atoms with E-state index >= 15 is 0 Å². The molecule has 18 heavy (non-hydrogen) atoms. The molecule has 0 aromatic heterocycles. The Morgan fingerprint density at radius 2 is 1.56 bits per heavy atom. The van der Waals surface area contributed by atoms with Crippen LogP contribution >= 0.6 is 23.2 Å². The van der Waals surface area contributed by atoms with Crippen LogP contribution in [0.5, 0.6) is 0 Å². The van der Waals surface area contributed by atoms with Crippen LogP contribution in [0.3, 0.4) is 0 Å². The van der Waals surface area contributed by atoms with Crippen molar-refractivity contribution in [2.24, 2.45) is 0 Å². The van der Waals surface area contributed by atoms with Crippen LogP contribution in [0, 0.1) is 5.82 Å².